The highest BCUT2D eigenvalue weighted by molar-refractivity contribution is 5.86. The molecule has 0 amide bonds. The molecule has 0 bridgehead atoms. The predicted octanol–water partition coefficient (Wildman–Crippen LogP) is -0.148. The SMILES string of the molecule is CC(O)C1CCN(Cc2nc(NN)c3cnn(C)c3n2)C1. The van der Waals surface area contributed by atoms with Crippen molar-refractivity contribution in [3.63, 3.8) is 0 Å². The molecule has 3 rings (SSSR count). The second-order valence-corrected chi connectivity index (χ2v) is 5.66. The van der Waals surface area contributed by atoms with Crippen LogP contribution in [0.1, 0.15) is 19.2 Å². The van der Waals surface area contributed by atoms with Gasteiger partial charge in [0.2, 0.25) is 0 Å². The maximum atomic E-state index is 9.67. The first kappa shape index (κ1) is 14.2. The summed E-state index contributed by atoms with van der Waals surface area (Å²) >= 11 is 0. The molecule has 8 nitrogen and oxygen atoms in total. The zero-order valence-corrected chi connectivity index (χ0v) is 12.3. The van der Waals surface area contributed by atoms with E-state index in [0.717, 1.165) is 30.5 Å². The summed E-state index contributed by atoms with van der Waals surface area (Å²) in [5, 5.41) is 14.7. The van der Waals surface area contributed by atoms with Crippen LogP contribution >= 0.6 is 0 Å². The maximum absolute atomic E-state index is 9.67. The Labute approximate surface area is 122 Å². The largest absolute Gasteiger partial charge is 0.393 e. The summed E-state index contributed by atoms with van der Waals surface area (Å²) in [6, 6.07) is 0. The van der Waals surface area contributed by atoms with Gasteiger partial charge in [0.05, 0.1) is 24.2 Å². The van der Waals surface area contributed by atoms with E-state index in [4.69, 9.17) is 5.84 Å². The third-order valence-corrected chi connectivity index (χ3v) is 4.13. The quantitative estimate of drug-likeness (QED) is 0.531. The number of aryl methyl sites for hydroxylation is 1. The number of fused-ring (bicyclic) bond motifs is 1. The number of nitrogens with two attached hydrogens (primary N) is 1. The lowest BCUT2D eigenvalue weighted by Crippen LogP contribution is -2.25. The van der Waals surface area contributed by atoms with E-state index in [2.05, 4.69) is 25.4 Å². The topological polar surface area (TPSA) is 105 Å². The monoisotopic (exact) mass is 291 g/mol. The van der Waals surface area contributed by atoms with Crippen LogP contribution in [0.15, 0.2) is 6.20 Å². The van der Waals surface area contributed by atoms with E-state index in [1.54, 1.807) is 10.9 Å². The first-order valence-corrected chi connectivity index (χ1v) is 7.14. The second kappa shape index (κ2) is 5.55. The summed E-state index contributed by atoms with van der Waals surface area (Å²) in [7, 11) is 1.85. The van der Waals surface area contributed by atoms with Gasteiger partial charge < -0.3 is 10.5 Å². The van der Waals surface area contributed by atoms with Gasteiger partial charge in [0.15, 0.2) is 11.5 Å². The molecular formula is C13H21N7O. The standard InChI is InChI=1S/C13H21N7O/c1-8(21)9-3-4-20(6-9)7-11-16-12(18-14)10-5-15-19(2)13(10)17-11/h5,8-9,21H,3-4,6-7,14H2,1-2H3,(H,16,17,18). The highest BCUT2D eigenvalue weighted by Crippen LogP contribution is 2.23. The molecule has 0 aromatic carbocycles. The zero-order chi connectivity index (χ0) is 15.0. The molecule has 2 aromatic rings. The maximum Gasteiger partial charge on any atom is 0.163 e. The van der Waals surface area contributed by atoms with Crippen molar-refractivity contribution in [1.82, 2.24) is 24.6 Å². The lowest BCUT2D eigenvalue weighted by molar-refractivity contribution is 0.127. The Morgan fingerprint density at radius 1 is 1.52 bits per heavy atom. The van der Waals surface area contributed by atoms with E-state index in [-0.39, 0.29) is 6.10 Å². The first-order valence-electron chi connectivity index (χ1n) is 7.14. The third-order valence-electron chi connectivity index (χ3n) is 4.13. The van der Waals surface area contributed by atoms with Crippen LogP contribution in [-0.4, -0.2) is 48.9 Å². The number of aliphatic hydroxyl groups is 1. The minimum atomic E-state index is -0.267. The number of aromatic nitrogens is 4. The Kier molecular flexibility index (Phi) is 3.75. The number of anilines is 1. The number of nitrogens with zero attached hydrogens (tertiary/aromatic N) is 5. The zero-order valence-electron chi connectivity index (χ0n) is 12.3. The minimum absolute atomic E-state index is 0.267. The molecule has 3 heterocycles. The second-order valence-electron chi connectivity index (χ2n) is 5.66. The van der Waals surface area contributed by atoms with Gasteiger partial charge in [0.25, 0.3) is 0 Å². The van der Waals surface area contributed by atoms with Gasteiger partial charge in [-0.1, -0.05) is 0 Å². The normalized spacial score (nSPS) is 21.0. The molecule has 0 aliphatic carbocycles. The summed E-state index contributed by atoms with van der Waals surface area (Å²) < 4.78 is 1.71. The van der Waals surface area contributed by atoms with Crippen LogP contribution < -0.4 is 11.3 Å². The average molecular weight is 291 g/mol. The number of hydrogen-bond acceptors (Lipinski definition) is 7. The first-order chi connectivity index (χ1) is 10.1. The van der Waals surface area contributed by atoms with Gasteiger partial charge in [-0.3, -0.25) is 9.58 Å². The van der Waals surface area contributed by atoms with Crippen LogP contribution in [0.2, 0.25) is 0 Å². The van der Waals surface area contributed by atoms with Gasteiger partial charge in [-0.05, 0) is 25.8 Å². The average Bonchev–Trinajstić information content (AvgIpc) is 3.06. The number of rotatable bonds is 4. The van der Waals surface area contributed by atoms with Gasteiger partial charge in [-0.15, -0.1) is 0 Å². The van der Waals surface area contributed by atoms with Crippen LogP contribution in [0.5, 0.6) is 0 Å². The fourth-order valence-corrected chi connectivity index (χ4v) is 2.85. The Morgan fingerprint density at radius 3 is 3.00 bits per heavy atom. The van der Waals surface area contributed by atoms with Crippen molar-refractivity contribution in [2.24, 2.45) is 18.8 Å². The summed E-state index contributed by atoms with van der Waals surface area (Å²) in [6.45, 7) is 4.32. The summed E-state index contributed by atoms with van der Waals surface area (Å²) in [4.78, 5) is 11.3. The summed E-state index contributed by atoms with van der Waals surface area (Å²) in [5.41, 5.74) is 3.38. The number of aliphatic hydroxyl groups excluding tert-OH is 1. The van der Waals surface area contributed by atoms with Gasteiger partial charge in [0.1, 0.15) is 5.82 Å². The molecule has 0 radical (unpaired) electrons. The number of hydrogen-bond donors (Lipinski definition) is 3. The molecule has 21 heavy (non-hydrogen) atoms. The highest BCUT2D eigenvalue weighted by Gasteiger charge is 2.26. The Hall–Kier alpha value is -1.77. The lowest BCUT2D eigenvalue weighted by Gasteiger charge is -2.17. The van der Waals surface area contributed by atoms with Crippen LogP contribution in [0, 0.1) is 5.92 Å². The molecule has 1 saturated heterocycles. The van der Waals surface area contributed by atoms with Crippen LogP contribution in [0.25, 0.3) is 11.0 Å². The van der Waals surface area contributed by atoms with Crippen molar-refractivity contribution in [3.05, 3.63) is 12.0 Å². The number of hydrazine groups is 1. The molecular weight excluding hydrogens is 270 g/mol. The van der Waals surface area contributed by atoms with Crippen molar-refractivity contribution in [2.75, 3.05) is 18.5 Å². The molecule has 2 aromatic heterocycles. The highest BCUT2D eigenvalue weighted by atomic mass is 16.3. The van der Waals surface area contributed by atoms with Gasteiger partial charge >= 0.3 is 0 Å². The minimum Gasteiger partial charge on any atom is -0.393 e. The van der Waals surface area contributed by atoms with Gasteiger partial charge in [0, 0.05) is 13.6 Å². The van der Waals surface area contributed by atoms with E-state index in [1.165, 1.54) is 0 Å². The number of nitrogens with one attached hydrogen (secondary N) is 1. The summed E-state index contributed by atoms with van der Waals surface area (Å²) in [5.74, 6) is 7.18. The fourth-order valence-electron chi connectivity index (χ4n) is 2.85. The van der Waals surface area contributed by atoms with Crippen molar-refractivity contribution in [3.8, 4) is 0 Å². The number of nitrogen functional groups attached to an aromatic ring is 1. The van der Waals surface area contributed by atoms with Crippen LogP contribution in [0.3, 0.4) is 0 Å². The predicted molar refractivity (Wildman–Crippen MR) is 79.2 cm³/mol. The number of likely N-dealkylation sites (tertiary alicyclic amines) is 1. The molecule has 1 fully saturated rings. The van der Waals surface area contributed by atoms with Gasteiger partial charge in [-0.25, -0.2) is 15.8 Å². The van der Waals surface area contributed by atoms with Crippen molar-refractivity contribution in [2.45, 2.75) is 26.0 Å². The molecule has 2 unspecified atom stereocenters. The fraction of sp³-hybridized carbons (Fsp3) is 0.615. The third kappa shape index (κ3) is 2.69. The molecule has 1 aliphatic heterocycles. The Balaban J connectivity index is 1.83. The van der Waals surface area contributed by atoms with Crippen LogP contribution in [0.4, 0.5) is 5.82 Å². The Morgan fingerprint density at radius 2 is 2.33 bits per heavy atom. The van der Waals surface area contributed by atoms with Gasteiger partial charge in [-0.2, -0.15) is 5.10 Å². The molecule has 114 valence electrons. The van der Waals surface area contributed by atoms with Crippen molar-refractivity contribution < 1.29 is 5.11 Å². The van der Waals surface area contributed by atoms with E-state index >= 15 is 0 Å². The molecule has 1 aliphatic rings. The lowest BCUT2D eigenvalue weighted by atomic mass is 10.0. The van der Waals surface area contributed by atoms with E-state index < -0.39 is 0 Å². The molecule has 0 spiro atoms. The molecule has 0 saturated carbocycles. The molecule has 2 atom stereocenters. The van der Waals surface area contributed by atoms with Crippen molar-refractivity contribution in [1.29, 1.82) is 0 Å². The summed E-state index contributed by atoms with van der Waals surface area (Å²) in [6.07, 6.45) is 2.44. The Bertz CT molecular complexity index is 639. The molecule has 4 N–H and O–H groups in total. The van der Waals surface area contributed by atoms with E-state index in [1.807, 2.05) is 14.0 Å². The molecule has 8 heteroatoms. The smallest absolute Gasteiger partial charge is 0.163 e. The van der Waals surface area contributed by atoms with Crippen LogP contribution in [-0.2, 0) is 13.6 Å². The van der Waals surface area contributed by atoms with Crippen molar-refractivity contribution >= 4 is 16.9 Å². The van der Waals surface area contributed by atoms with E-state index in [0.29, 0.717) is 24.1 Å². The van der Waals surface area contributed by atoms with E-state index in [9.17, 15) is 5.11 Å².